The van der Waals surface area contributed by atoms with Gasteiger partial charge in [-0.2, -0.15) is 0 Å². The van der Waals surface area contributed by atoms with Crippen LogP contribution in [-0.2, 0) is 6.54 Å². The fourth-order valence-corrected chi connectivity index (χ4v) is 2.81. The Morgan fingerprint density at radius 2 is 2.50 bits per heavy atom. The lowest BCUT2D eigenvalue weighted by Crippen LogP contribution is -2.16. The van der Waals surface area contributed by atoms with Crippen molar-refractivity contribution in [1.82, 2.24) is 5.32 Å². The van der Waals surface area contributed by atoms with E-state index in [1.165, 1.54) is 30.6 Å². The van der Waals surface area contributed by atoms with Gasteiger partial charge in [0.1, 0.15) is 0 Å². The Kier molecular flexibility index (Phi) is 3.61. The molecule has 0 aromatic carbocycles. The maximum atomic E-state index is 10.7. The highest BCUT2D eigenvalue weighted by Crippen LogP contribution is 2.34. The number of carbonyl (C=O) groups is 1. The zero-order valence-corrected chi connectivity index (χ0v) is 10.2. The van der Waals surface area contributed by atoms with Crippen LogP contribution in [0.4, 0.5) is 0 Å². The van der Waals surface area contributed by atoms with E-state index in [9.17, 15) is 4.79 Å². The molecule has 88 valence electrons. The van der Waals surface area contributed by atoms with Gasteiger partial charge < -0.3 is 10.4 Å². The first-order chi connectivity index (χ1) is 7.70. The van der Waals surface area contributed by atoms with Crippen molar-refractivity contribution in [3.63, 3.8) is 0 Å². The van der Waals surface area contributed by atoms with E-state index in [1.54, 1.807) is 11.4 Å². The average Bonchev–Trinajstić information content (AvgIpc) is 2.80. The molecule has 16 heavy (non-hydrogen) atoms. The second kappa shape index (κ2) is 4.97. The molecule has 4 heteroatoms. The molecule has 1 aliphatic carbocycles. The van der Waals surface area contributed by atoms with Crippen LogP contribution in [0, 0.1) is 5.92 Å². The minimum absolute atomic E-state index is 0.405. The second-order valence-electron chi connectivity index (χ2n) is 4.38. The van der Waals surface area contributed by atoms with Gasteiger partial charge in [-0.1, -0.05) is 13.3 Å². The summed E-state index contributed by atoms with van der Waals surface area (Å²) in [6.07, 6.45) is 3.85. The molecule has 0 bridgehead atoms. The Hall–Kier alpha value is -0.870. The number of thiophene rings is 1. The lowest BCUT2D eigenvalue weighted by atomic mass is 10.2. The van der Waals surface area contributed by atoms with Crippen LogP contribution in [0.1, 0.15) is 41.4 Å². The molecule has 2 N–H and O–H groups in total. The topological polar surface area (TPSA) is 49.3 Å². The third-order valence-corrected chi connectivity index (χ3v) is 3.96. The highest BCUT2D eigenvalue weighted by Gasteiger charge is 2.35. The van der Waals surface area contributed by atoms with Gasteiger partial charge in [0.15, 0.2) is 0 Å². The van der Waals surface area contributed by atoms with Crippen molar-refractivity contribution in [3.05, 3.63) is 21.9 Å². The van der Waals surface area contributed by atoms with Crippen molar-refractivity contribution in [2.45, 2.75) is 38.8 Å². The SMILES string of the molecule is CCCC1CC1NCc1cc(C(=O)O)cs1. The predicted molar refractivity (Wildman–Crippen MR) is 64.9 cm³/mol. The molecule has 2 atom stereocenters. The minimum atomic E-state index is -0.835. The van der Waals surface area contributed by atoms with Crippen LogP contribution in [0.5, 0.6) is 0 Å². The molecule has 0 aliphatic heterocycles. The number of aromatic carboxylic acids is 1. The Morgan fingerprint density at radius 1 is 1.69 bits per heavy atom. The lowest BCUT2D eigenvalue weighted by Gasteiger charge is -2.00. The van der Waals surface area contributed by atoms with Crippen LogP contribution in [0.15, 0.2) is 11.4 Å². The van der Waals surface area contributed by atoms with E-state index < -0.39 is 5.97 Å². The monoisotopic (exact) mass is 239 g/mol. The fourth-order valence-electron chi connectivity index (χ4n) is 2.00. The van der Waals surface area contributed by atoms with Crippen molar-refractivity contribution in [3.8, 4) is 0 Å². The van der Waals surface area contributed by atoms with Gasteiger partial charge in [0, 0.05) is 22.8 Å². The molecule has 3 nitrogen and oxygen atoms in total. The van der Waals surface area contributed by atoms with Crippen molar-refractivity contribution < 1.29 is 9.90 Å². The van der Waals surface area contributed by atoms with Crippen LogP contribution >= 0.6 is 11.3 Å². The molecule has 0 spiro atoms. The molecule has 2 unspecified atom stereocenters. The third kappa shape index (κ3) is 2.83. The summed E-state index contributed by atoms with van der Waals surface area (Å²) in [5.74, 6) is 0.0155. The minimum Gasteiger partial charge on any atom is -0.478 e. The van der Waals surface area contributed by atoms with Gasteiger partial charge in [-0.3, -0.25) is 0 Å². The second-order valence-corrected chi connectivity index (χ2v) is 5.37. The molecule has 1 aliphatic rings. The fraction of sp³-hybridized carbons (Fsp3) is 0.583. The van der Waals surface area contributed by atoms with Gasteiger partial charge in [-0.05, 0) is 24.8 Å². The van der Waals surface area contributed by atoms with Crippen LogP contribution < -0.4 is 5.32 Å². The number of hydrogen-bond acceptors (Lipinski definition) is 3. The van der Waals surface area contributed by atoms with Gasteiger partial charge in [0.25, 0.3) is 0 Å². The van der Waals surface area contributed by atoms with Crippen LogP contribution in [0.25, 0.3) is 0 Å². The largest absolute Gasteiger partial charge is 0.478 e. The lowest BCUT2D eigenvalue weighted by molar-refractivity contribution is 0.0697. The van der Waals surface area contributed by atoms with Gasteiger partial charge in [0.05, 0.1) is 5.56 Å². The molecule has 0 amide bonds. The molecule has 1 saturated carbocycles. The Morgan fingerprint density at radius 3 is 3.12 bits per heavy atom. The molecular formula is C12H17NO2S. The Balaban J connectivity index is 1.76. The van der Waals surface area contributed by atoms with Crippen LogP contribution in [0.2, 0.25) is 0 Å². The molecule has 0 radical (unpaired) electrons. The summed E-state index contributed by atoms with van der Waals surface area (Å²) >= 11 is 1.52. The first kappa shape index (κ1) is 11.6. The number of rotatable bonds is 6. The summed E-state index contributed by atoms with van der Waals surface area (Å²) in [6.45, 7) is 3.02. The van der Waals surface area contributed by atoms with Gasteiger partial charge in [-0.15, -0.1) is 11.3 Å². The summed E-state index contributed by atoms with van der Waals surface area (Å²) in [4.78, 5) is 11.8. The highest BCUT2D eigenvalue weighted by molar-refractivity contribution is 7.10. The molecule has 2 rings (SSSR count). The zero-order valence-electron chi connectivity index (χ0n) is 9.40. The first-order valence-electron chi connectivity index (χ1n) is 5.74. The normalized spacial score (nSPS) is 23.3. The van der Waals surface area contributed by atoms with E-state index in [-0.39, 0.29) is 0 Å². The van der Waals surface area contributed by atoms with Gasteiger partial charge in [0.2, 0.25) is 0 Å². The maximum Gasteiger partial charge on any atom is 0.336 e. The van der Waals surface area contributed by atoms with E-state index in [0.29, 0.717) is 11.6 Å². The molecule has 1 heterocycles. The Labute approximate surface area is 99.5 Å². The van der Waals surface area contributed by atoms with E-state index in [2.05, 4.69) is 12.2 Å². The summed E-state index contributed by atoms with van der Waals surface area (Å²) in [7, 11) is 0. The average molecular weight is 239 g/mol. The van der Waals surface area contributed by atoms with Crippen LogP contribution in [0.3, 0.4) is 0 Å². The quantitative estimate of drug-likeness (QED) is 0.802. The van der Waals surface area contributed by atoms with Crippen molar-refractivity contribution in [2.75, 3.05) is 0 Å². The van der Waals surface area contributed by atoms with Crippen molar-refractivity contribution in [1.29, 1.82) is 0 Å². The third-order valence-electron chi connectivity index (χ3n) is 3.02. The predicted octanol–water partition coefficient (Wildman–Crippen LogP) is 2.72. The number of carboxylic acid groups (broad SMARTS) is 1. The molecular weight excluding hydrogens is 222 g/mol. The van der Waals surface area contributed by atoms with Crippen molar-refractivity contribution in [2.24, 2.45) is 5.92 Å². The molecule has 0 saturated heterocycles. The molecule has 1 fully saturated rings. The smallest absolute Gasteiger partial charge is 0.336 e. The summed E-state index contributed by atoms with van der Waals surface area (Å²) < 4.78 is 0. The van der Waals surface area contributed by atoms with Gasteiger partial charge in [-0.25, -0.2) is 4.79 Å². The standard InChI is InChI=1S/C12H17NO2S/c1-2-3-8-5-11(8)13-6-10-4-9(7-16-10)12(14)15/h4,7-8,11,13H,2-3,5-6H2,1H3,(H,14,15). The Bertz CT molecular complexity index is 375. The number of carboxylic acids is 1. The summed E-state index contributed by atoms with van der Waals surface area (Å²) in [5, 5.41) is 14.0. The first-order valence-corrected chi connectivity index (χ1v) is 6.62. The number of hydrogen-bond donors (Lipinski definition) is 2. The van der Waals surface area contributed by atoms with E-state index in [4.69, 9.17) is 5.11 Å². The summed E-state index contributed by atoms with van der Waals surface area (Å²) in [6, 6.07) is 2.42. The van der Waals surface area contributed by atoms with Gasteiger partial charge >= 0.3 is 5.97 Å². The van der Waals surface area contributed by atoms with E-state index in [1.807, 2.05) is 0 Å². The van der Waals surface area contributed by atoms with Crippen molar-refractivity contribution >= 4 is 17.3 Å². The highest BCUT2D eigenvalue weighted by atomic mass is 32.1. The van der Waals surface area contributed by atoms with Crippen LogP contribution in [-0.4, -0.2) is 17.1 Å². The molecule has 1 aromatic rings. The molecule has 1 aromatic heterocycles. The maximum absolute atomic E-state index is 10.7. The van der Waals surface area contributed by atoms with E-state index in [0.717, 1.165) is 17.3 Å². The zero-order chi connectivity index (χ0) is 11.5. The summed E-state index contributed by atoms with van der Waals surface area (Å²) in [5.41, 5.74) is 0.405. The number of nitrogens with one attached hydrogen (secondary N) is 1. The van der Waals surface area contributed by atoms with E-state index >= 15 is 0 Å².